The van der Waals surface area contributed by atoms with Gasteiger partial charge in [-0.1, -0.05) is 12.1 Å². The van der Waals surface area contributed by atoms with E-state index in [1.807, 2.05) is 14.0 Å². The zero-order chi connectivity index (χ0) is 15.2. The Hall–Kier alpha value is -1.75. The predicted molar refractivity (Wildman–Crippen MR) is 84.7 cm³/mol. The van der Waals surface area contributed by atoms with Crippen LogP contribution in [0.5, 0.6) is 0 Å². The van der Waals surface area contributed by atoms with Gasteiger partial charge in [0.1, 0.15) is 0 Å². The maximum Gasteiger partial charge on any atom is 0.409 e. The molecule has 1 N–H and O–H groups in total. The fourth-order valence-corrected chi connectivity index (χ4v) is 2.50. The number of carbonyl (C=O) groups excluding carboxylic acids is 1. The van der Waals surface area contributed by atoms with E-state index in [1.165, 1.54) is 11.3 Å². The molecule has 1 aliphatic rings. The van der Waals surface area contributed by atoms with E-state index in [9.17, 15) is 4.79 Å². The SMILES string of the molecule is CCOC(=O)N1CCN(c2ccc(C(C)NC)cc2)CC1. The Bertz CT molecular complexity index is 453. The standard InChI is InChI=1S/C16H25N3O2/c1-4-21-16(20)19-11-9-18(10-12-19)15-7-5-14(6-8-15)13(2)17-3/h5-8,13,17H,4,9-12H2,1-3H3. The molecule has 1 saturated heterocycles. The van der Waals surface area contributed by atoms with Crippen LogP contribution in [0.25, 0.3) is 0 Å². The van der Waals surface area contributed by atoms with Crippen LogP contribution >= 0.6 is 0 Å². The van der Waals surface area contributed by atoms with Crippen molar-refractivity contribution in [3.8, 4) is 0 Å². The van der Waals surface area contributed by atoms with E-state index in [0.717, 1.165) is 13.1 Å². The second kappa shape index (κ2) is 7.31. The van der Waals surface area contributed by atoms with Crippen LogP contribution in [0.4, 0.5) is 10.5 Å². The molecule has 0 saturated carbocycles. The van der Waals surface area contributed by atoms with E-state index in [2.05, 4.69) is 41.4 Å². The van der Waals surface area contributed by atoms with Crippen LogP contribution in [0.15, 0.2) is 24.3 Å². The molecule has 21 heavy (non-hydrogen) atoms. The monoisotopic (exact) mass is 291 g/mol. The van der Waals surface area contributed by atoms with E-state index in [0.29, 0.717) is 25.7 Å². The van der Waals surface area contributed by atoms with E-state index in [4.69, 9.17) is 4.74 Å². The normalized spacial score (nSPS) is 16.7. The van der Waals surface area contributed by atoms with Crippen molar-refractivity contribution in [2.24, 2.45) is 0 Å². The van der Waals surface area contributed by atoms with Crippen molar-refractivity contribution in [2.45, 2.75) is 19.9 Å². The number of carbonyl (C=O) groups is 1. The molecule has 1 aromatic rings. The Morgan fingerprint density at radius 2 is 1.86 bits per heavy atom. The van der Waals surface area contributed by atoms with Crippen molar-refractivity contribution in [3.05, 3.63) is 29.8 Å². The highest BCUT2D eigenvalue weighted by molar-refractivity contribution is 5.68. The first-order chi connectivity index (χ1) is 10.2. The molecule has 0 bridgehead atoms. The molecular weight excluding hydrogens is 266 g/mol. The fourth-order valence-electron chi connectivity index (χ4n) is 2.50. The highest BCUT2D eigenvalue weighted by Gasteiger charge is 2.21. The molecule has 1 atom stereocenters. The van der Waals surface area contributed by atoms with Crippen molar-refractivity contribution in [3.63, 3.8) is 0 Å². The van der Waals surface area contributed by atoms with Gasteiger partial charge in [-0.3, -0.25) is 0 Å². The lowest BCUT2D eigenvalue weighted by Gasteiger charge is -2.35. The minimum Gasteiger partial charge on any atom is -0.450 e. The average molecular weight is 291 g/mol. The number of benzene rings is 1. The van der Waals surface area contributed by atoms with Crippen molar-refractivity contribution in [2.75, 3.05) is 44.7 Å². The lowest BCUT2D eigenvalue weighted by molar-refractivity contribution is 0.105. The Morgan fingerprint density at radius 1 is 1.24 bits per heavy atom. The van der Waals surface area contributed by atoms with Crippen LogP contribution in [-0.2, 0) is 4.74 Å². The van der Waals surface area contributed by atoms with Crippen LogP contribution in [-0.4, -0.2) is 50.8 Å². The molecule has 1 fully saturated rings. The molecule has 0 radical (unpaired) electrons. The van der Waals surface area contributed by atoms with Crippen molar-refractivity contribution >= 4 is 11.8 Å². The van der Waals surface area contributed by atoms with Gasteiger partial charge in [-0.25, -0.2) is 4.79 Å². The Kier molecular flexibility index (Phi) is 5.44. The summed E-state index contributed by atoms with van der Waals surface area (Å²) in [6, 6.07) is 8.99. The molecule has 0 aliphatic carbocycles. The first-order valence-corrected chi connectivity index (χ1v) is 7.59. The van der Waals surface area contributed by atoms with Crippen molar-refractivity contribution in [1.29, 1.82) is 0 Å². The number of hydrogen-bond acceptors (Lipinski definition) is 4. The number of anilines is 1. The third kappa shape index (κ3) is 3.88. The number of nitrogens with one attached hydrogen (secondary N) is 1. The smallest absolute Gasteiger partial charge is 0.409 e. The van der Waals surface area contributed by atoms with Gasteiger partial charge in [0, 0.05) is 37.9 Å². The summed E-state index contributed by atoms with van der Waals surface area (Å²) in [7, 11) is 1.97. The summed E-state index contributed by atoms with van der Waals surface area (Å²) >= 11 is 0. The molecule has 2 rings (SSSR count). The van der Waals surface area contributed by atoms with Crippen LogP contribution in [0.2, 0.25) is 0 Å². The van der Waals surface area contributed by atoms with Crippen molar-refractivity contribution in [1.82, 2.24) is 10.2 Å². The molecule has 1 amide bonds. The van der Waals surface area contributed by atoms with Crippen LogP contribution in [0.3, 0.4) is 0 Å². The topological polar surface area (TPSA) is 44.8 Å². The first-order valence-electron chi connectivity index (χ1n) is 7.59. The Labute approximate surface area is 126 Å². The van der Waals surface area contributed by atoms with Gasteiger partial charge >= 0.3 is 6.09 Å². The van der Waals surface area contributed by atoms with Gasteiger partial charge in [0.05, 0.1) is 6.61 Å². The quantitative estimate of drug-likeness (QED) is 0.924. The molecule has 1 unspecified atom stereocenters. The minimum absolute atomic E-state index is 0.199. The summed E-state index contributed by atoms with van der Waals surface area (Å²) in [5.41, 5.74) is 2.50. The van der Waals surface area contributed by atoms with E-state index in [-0.39, 0.29) is 6.09 Å². The zero-order valence-electron chi connectivity index (χ0n) is 13.1. The number of nitrogens with zero attached hydrogens (tertiary/aromatic N) is 2. The molecule has 1 heterocycles. The number of hydrogen-bond donors (Lipinski definition) is 1. The number of amides is 1. The molecule has 1 aliphatic heterocycles. The average Bonchev–Trinajstić information content (AvgIpc) is 2.54. The summed E-state index contributed by atoms with van der Waals surface area (Å²) < 4.78 is 5.04. The van der Waals surface area contributed by atoms with E-state index < -0.39 is 0 Å². The second-order valence-corrected chi connectivity index (χ2v) is 5.27. The van der Waals surface area contributed by atoms with Gasteiger partial charge in [0.2, 0.25) is 0 Å². The van der Waals surface area contributed by atoms with Gasteiger partial charge in [0.25, 0.3) is 0 Å². The summed E-state index contributed by atoms with van der Waals surface area (Å²) in [6.45, 7) is 7.54. The maximum atomic E-state index is 11.7. The lowest BCUT2D eigenvalue weighted by atomic mass is 10.1. The molecule has 1 aromatic carbocycles. The van der Waals surface area contributed by atoms with Gasteiger partial charge in [-0.2, -0.15) is 0 Å². The highest BCUT2D eigenvalue weighted by atomic mass is 16.6. The van der Waals surface area contributed by atoms with Gasteiger partial charge in [-0.05, 0) is 38.6 Å². The first kappa shape index (κ1) is 15.6. The largest absolute Gasteiger partial charge is 0.450 e. The molecule has 0 spiro atoms. The summed E-state index contributed by atoms with van der Waals surface area (Å²) in [5.74, 6) is 0. The lowest BCUT2D eigenvalue weighted by Crippen LogP contribution is -2.49. The van der Waals surface area contributed by atoms with E-state index in [1.54, 1.807) is 4.90 Å². The maximum absolute atomic E-state index is 11.7. The second-order valence-electron chi connectivity index (χ2n) is 5.27. The van der Waals surface area contributed by atoms with Crippen LogP contribution < -0.4 is 10.2 Å². The highest BCUT2D eigenvalue weighted by Crippen LogP contribution is 2.20. The number of piperazine rings is 1. The Morgan fingerprint density at radius 3 is 2.38 bits per heavy atom. The minimum atomic E-state index is -0.199. The van der Waals surface area contributed by atoms with Crippen molar-refractivity contribution < 1.29 is 9.53 Å². The van der Waals surface area contributed by atoms with Crippen LogP contribution in [0.1, 0.15) is 25.5 Å². The molecule has 5 nitrogen and oxygen atoms in total. The number of rotatable bonds is 4. The summed E-state index contributed by atoms with van der Waals surface area (Å²) in [6.07, 6.45) is -0.199. The van der Waals surface area contributed by atoms with E-state index >= 15 is 0 Å². The molecule has 0 aromatic heterocycles. The fraction of sp³-hybridized carbons (Fsp3) is 0.562. The Balaban J connectivity index is 1.91. The molecule has 116 valence electrons. The predicted octanol–water partition coefficient (Wildman–Crippen LogP) is 2.25. The zero-order valence-corrected chi connectivity index (χ0v) is 13.1. The summed E-state index contributed by atoms with van der Waals surface area (Å²) in [4.78, 5) is 15.8. The third-order valence-corrected chi connectivity index (χ3v) is 4.00. The van der Waals surface area contributed by atoms with Gasteiger partial charge < -0.3 is 19.9 Å². The van der Waals surface area contributed by atoms with Gasteiger partial charge in [-0.15, -0.1) is 0 Å². The third-order valence-electron chi connectivity index (χ3n) is 4.00. The number of ether oxygens (including phenoxy) is 1. The van der Waals surface area contributed by atoms with Crippen LogP contribution in [0, 0.1) is 0 Å². The molecular formula is C16H25N3O2. The summed E-state index contributed by atoms with van der Waals surface area (Å²) in [5, 5.41) is 3.24. The molecule has 5 heteroatoms. The van der Waals surface area contributed by atoms with Gasteiger partial charge in [0.15, 0.2) is 0 Å².